The highest BCUT2D eigenvalue weighted by atomic mass is 79.9. The van der Waals surface area contributed by atoms with E-state index in [0.717, 1.165) is 34.8 Å². The van der Waals surface area contributed by atoms with E-state index >= 15 is 0 Å². The van der Waals surface area contributed by atoms with Gasteiger partial charge in [-0.1, -0.05) is 15.9 Å². The second-order valence-electron chi connectivity index (χ2n) is 5.01. The summed E-state index contributed by atoms with van der Waals surface area (Å²) in [6.07, 6.45) is 2.63. The van der Waals surface area contributed by atoms with Crippen molar-refractivity contribution in [3.05, 3.63) is 28.2 Å². The number of ether oxygens (including phenoxy) is 1. The van der Waals surface area contributed by atoms with Gasteiger partial charge in [-0.05, 0) is 37.0 Å². The van der Waals surface area contributed by atoms with Gasteiger partial charge in [0.2, 0.25) is 0 Å². The summed E-state index contributed by atoms with van der Waals surface area (Å²) in [4.78, 5) is 2.08. The molecule has 1 aliphatic rings. The summed E-state index contributed by atoms with van der Waals surface area (Å²) in [5, 5.41) is 7.62. The van der Waals surface area contributed by atoms with Crippen LogP contribution in [0.4, 0.5) is 5.69 Å². The molecule has 5 heteroatoms. The number of rotatable bonds is 7. The minimum atomic E-state index is 0.0910. The van der Waals surface area contributed by atoms with Crippen LogP contribution in [0.5, 0.6) is 0 Å². The van der Waals surface area contributed by atoms with Crippen LogP contribution in [0.3, 0.4) is 0 Å². The average Bonchev–Trinajstić information content (AvgIpc) is 3.18. The Labute approximate surface area is 122 Å². The van der Waals surface area contributed by atoms with Crippen molar-refractivity contribution in [2.24, 2.45) is 11.7 Å². The lowest BCUT2D eigenvalue weighted by Crippen LogP contribution is -2.26. The predicted octanol–water partition coefficient (Wildman–Crippen LogP) is 2.60. The Morgan fingerprint density at radius 2 is 2.26 bits per heavy atom. The van der Waals surface area contributed by atoms with E-state index in [4.69, 9.17) is 15.9 Å². The van der Waals surface area contributed by atoms with Crippen LogP contribution < -0.4 is 10.6 Å². The van der Waals surface area contributed by atoms with Crippen molar-refractivity contribution in [3.8, 4) is 0 Å². The van der Waals surface area contributed by atoms with Gasteiger partial charge in [-0.3, -0.25) is 5.41 Å². The van der Waals surface area contributed by atoms with E-state index in [1.165, 1.54) is 12.8 Å². The lowest BCUT2D eigenvalue weighted by molar-refractivity contribution is 0.131. The summed E-state index contributed by atoms with van der Waals surface area (Å²) in [5.74, 6) is 0.886. The second kappa shape index (κ2) is 6.39. The van der Waals surface area contributed by atoms with Crippen molar-refractivity contribution < 1.29 is 4.74 Å². The number of nitrogens with two attached hydrogens (primary N) is 1. The fourth-order valence-electron chi connectivity index (χ4n) is 1.90. The number of amidine groups is 1. The molecule has 0 radical (unpaired) electrons. The molecule has 2 rings (SSSR count). The Kier molecular flexibility index (Phi) is 4.82. The SMILES string of the molecule is CN(CCOCC1CC1)c1cc(Br)ccc1C(=N)N. The minimum absolute atomic E-state index is 0.0910. The van der Waals surface area contributed by atoms with Crippen LogP contribution in [0, 0.1) is 11.3 Å². The lowest BCUT2D eigenvalue weighted by atomic mass is 10.1. The van der Waals surface area contributed by atoms with Crippen LogP contribution in [-0.2, 0) is 4.74 Å². The molecule has 1 aliphatic carbocycles. The molecule has 0 saturated heterocycles. The van der Waals surface area contributed by atoms with Crippen LogP contribution in [-0.4, -0.2) is 32.6 Å². The number of nitrogens with zero attached hydrogens (tertiary/aromatic N) is 1. The molecule has 0 aromatic heterocycles. The van der Waals surface area contributed by atoms with Crippen LogP contribution in [0.25, 0.3) is 0 Å². The molecule has 0 atom stereocenters. The van der Waals surface area contributed by atoms with Gasteiger partial charge in [0, 0.05) is 35.9 Å². The topological polar surface area (TPSA) is 62.3 Å². The van der Waals surface area contributed by atoms with Gasteiger partial charge in [-0.2, -0.15) is 0 Å². The molecule has 0 amide bonds. The number of halogens is 1. The first-order valence-corrected chi connectivity index (χ1v) is 7.30. The van der Waals surface area contributed by atoms with Crippen molar-refractivity contribution in [1.29, 1.82) is 5.41 Å². The van der Waals surface area contributed by atoms with Gasteiger partial charge in [0.15, 0.2) is 0 Å². The number of hydrogen-bond donors (Lipinski definition) is 2. The van der Waals surface area contributed by atoms with E-state index in [0.29, 0.717) is 6.61 Å². The number of likely N-dealkylation sites (N-methyl/N-ethyl adjacent to an activating group) is 1. The minimum Gasteiger partial charge on any atom is -0.384 e. The van der Waals surface area contributed by atoms with E-state index in [9.17, 15) is 0 Å². The fraction of sp³-hybridized carbons (Fsp3) is 0.500. The van der Waals surface area contributed by atoms with Crippen molar-refractivity contribution in [3.63, 3.8) is 0 Å². The lowest BCUT2D eigenvalue weighted by Gasteiger charge is -2.22. The maximum Gasteiger partial charge on any atom is 0.124 e. The third kappa shape index (κ3) is 4.21. The summed E-state index contributed by atoms with van der Waals surface area (Å²) >= 11 is 3.45. The van der Waals surface area contributed by atoms with Crippen molar-refractivity contribution in [1.82, 2.24) is 0 Å². The Bertz CT molecular complexity index is 460. The molecule has 104 valence electrons. The molecule has 0 unspecified atom stereocenters. The third-order valence-electron chi connectivity index (χ3n) is 3.28. The van der Waals surface area contributed by atoms with Gasteiger partial charge in [0.25, 0.3) is 0 Å². The highest BCUT2D eigenvalue weighted by molar-refractivity contribution is 9.10. The molecule has 3 N–H and O–H groups in total. The van der Waals surface area contributed by atoms with Crippen LogP contribution in [0.1, 0.15) is 18.4 Å². The summed E-state index contributed by atoms with van der Waals surface area (Å²) in [7, 11) is 1.99. The van der Waals surface area contributed by atoms with Crippen LogP contribution in [0.15, 0.2) is 22.7 Å². The van der Waals surface area contributed by atoms with E-state index in [-0.39, 0.29) is 5.84 Å². The average molecular weight is 326 g/mol. The number of benzene rings is 1. The predicted molar refractivity (Wildman–Crippen MR) is 82.0 cm³/mol. The van der Waals surface area contributed by atoms with Gasteiger partial charge >= 0.3 is 0 Å². The van der Waals surface area contributed by atoms with E-state index in [2.05, 4.69) is 20.8 Å². The molecule has 1 saturated carbocycles. The molecule has 19 heavy (non-hydrogen) atoms. The largest absolute Gasteiger partial charge is 0.384 e. The number of nitrogen functional groups attached to an aromatic ring is 1. The molecule has 4 nitrogen and oxygen atoms in total. The van der Waals surface area contributed by atoms with Gasteiger partial charge in [0.1, 0.15) is 5.84 Å². The van der Waals surface area contributed by atoms with Gasteiger partial charge in [-0.25, -0.2) is 0 Å². The maximum atomic E-state index is 7.62. The highest BCUT2D eigenvalue weighted by Crippen LogP contribution is 2.29. The van der Waals surface area contributed by atoms with E-state index < -0.39 is 0 Å². The summed E-state index contributed by atoms with van der Waals surface area (Å²) in [6.45, 7) is 2.38. The molecule has 0 spiro atoms. The standard InChI is InChI=1S/C14H20BrN3O/c1-18(6-7-19-9-10-2-3-10)13-8-11(15)4-5-12(13)14(16)17/h4-5,8,10H,2-3,6-7,9H2,1H3,(H3,16,17). The molecule has 1 aromatic carbocycles. The number of hydrogen-bond acceptors (Lipinski definition) is 3. The van der Waals surface area contributed by atoms with E-state index in [1.807, 2.05) is 25.2 Å². The van der Waals surface area contributed by atoms with Gasteiger partial charge in [0.05, 0.1) is 6.61 Å². The van der Waals surface area contributed by atoms with Crippen LogP contribution in [0.2, 0.25) is 0 Å². The maximum absolute atomic E-state index is 7.62. The molecule has 1 aromatic rings. The molecule has 0 aliphatic heterocycles. The zero-order valence-electron chi connectivity index (χ0n) is 11.2. The Morgan fingerprint density at radius 3 is 2.89 bits per heavy atom. The fourth-order valence-corrected chi connectivity index (χ4v) is 2.25. The van der Waals surface area contributed by atoms with Crippen molar-refractivity contribution >= 4 is 27.5 Å². The smallest absolute Gasteiger partial charge is 0.124 e. The Hall–Kier alpha value is -1.07. The first-order chi connectivity index (χ1) is 9.08. The zero-order chi connectivity index (χ0) is 13.8. The third-order valence-corrected chi connectivity index (χ3v) is 3.78. The Morgan fingerprint density at radius 1 is 1.53 bits per heavy atom. The molecule has 0 bridgehead atoms. The van der Waals surface area contributed by atoms with Crippen molar-refractivity contribution in [2.45, 2.75) is 12.8 Å². The number of nitrogens with one attached hydrogen (secondary N) is 1. The second-order valence-corrected chi connectivity index (χ2v) is 5.93. The van der Waals surface area contributed by atoms with E-state index in [1.54, 1.807) is 0 Å². The summed E-state index contributed by atoms with van der Waals surface area (Å²) in [6, 6.07) is 5.75. The first-order valence-electron chi connectivity index (χ1n) is 6.50. The monoisotopic (exact) mass is 325 g/mol. The summed E-state index contributed by atoms with van der Waals surface area (Å²) < 4.78 is 6.63. The summed E-state index contributed by atoms with van der Waals surface area (Å²) in [5.41, 5.74) is 7.33. The molecular formula is C14H20BrN3O. The quantitative estimate of drug-likeness (QED) is 0.460. The zero-order valence-corrected chi connectivity index (χ0v) is 12.7. The number of anilines is 1. The molecule has 0 heterocycles. The first kappa shape index (κ1) is 14.3. The van der Waals surface area contributed by atoms with Gasteiger partial charge < -0.3 is 15.4 Å². The molecule has 1 fully saturated rings. The highest BCUT2D eigenvalue weighted by Gasteiger charge is 2.21. The van der Waals surface area contributed by atoms with Gasteiger partial charge in [-0.15, -0.1) is 0 Å². The Balaban J connectivity index is 1.93. The van der Waals surface area contributed by atoms with Crippen molar-refractivity contribution in [2.75, 3.05) is 31.7 Å². The molecular weight excluding hydrogens is 306 g/mol. The van der Waals surface area contributed by atoms with Crippen LogP contribution >= 0.6 is 15.9 Å². The normalized spacial score (nSPS) is 14.4.